The fraction of sp³-hybridized carbons (Fsp3) is 0.538. The zero-order valence-electron chi connectivity index (χ0n) is 10.8. The first-order valence-electron chi connectivity index (χ1n) is 6.49. The summed E-state index contributed by atoms with van der Waals surface area (Å²) in [4.78, 5) is -0.335. The lowest BCUT2D eigenvalue weighted by Gasteiger charge is -2.22. The highest BCUT2D eigenvalue weighted by Crippen LogP contribution is 2.30. The molecule has 0 radical (unpaired) electrons. The first-order valence-corrected chi connectivity index (χ1v) is 7.97. The Morgan fingerprint density at radius 3 is 2.35 bits per heavy atom. The Balaban J connectivity index is 2.20. The van der Waals surface area contributed by atoms with Gasteiger partial charge in [-0.3, -0.25) is 0 Å². The summed E-state index contributed by atoms with van der Waals surface area (Å²) in [7, 11) is -3.89. The zero-order chi connectivity index (χ0) is 14.8. The Morgan fingerprint density at radius 2 is 1.75 bits per heavy atom. The van der Waals surface area contributed by atoms with Crippen molar-refractivity contribution in [1.29, 1.82) is 0 Å². The smallest absolute Gasteiger partial charge is 0.208 e. The Hall–Kier alpha value is -1.08. The minimum Gasteiger partial charge on any atom is -0.208 e. The lowest BCUT2D eigenvalue weighted by molar-refractivity contribution is -0.137. The van der Waals surface area contributed by atoms with Gasteiger partial charge in [0.25, 0.3) is 0 Å². The molecule has 0 aliphatic heterocycles. The van der Waals surface area contributed by atoms with Gasteiger partial charge in [-0.2, -0.15) is 13.2 Å². The quantitative estimate of drug-likeness (QED) is 0.931. The van der Waals surface area contributed by atoms with Gasteiger partial charge in [-0.15, -0.1) is 0 Å². The molecule has 0 bridgehead atoms. The number of hydrogen-bond acceptors (Lipinski definition) is 2. The average molecular weight is 307 g/mol. The van der Waals surface area contributed by atoms with E-state index < -0.39 is 21.8 Å². The highest BCUT2D eigenvalue weighted by atomic mass is 32.2. The maximum absolute atomic E-state index is 12.6. The molecule has 0 atom stereocenters. The fourth-order valence-corrected chi connectivity index (χ4v) is 3.70. The van der Waals surface area contributed by atoms with E-state index in [-0.39, 0.29) is 10.9 Å². The van der Waals surface area contributed by atoms with Gasteiger partial charge in [0.05, 0.1) is 10.5 Å². The maximum atomic E-state index is 12.6. The molecule has 1 aromatic carbocycles. The van der Waals surface area contributed by atoms with Crippen LogP contribution < -0.4 is 4.72 Å². The van der Waals surface area contributed by atoms with Crippen LogP contribution in [-0.4, -0.2) is 14.5 Å². The van der Waals surface area contributed by atoms with Crippen molar-refractivity contribution in [2.75, 3.05) is 0 Å². The first kappa shape index (κ1) is 15.3. The van der Waals surface area contributed by atoms with Gasteiger partial charge in [-0.25, -0.2) is 13.1 Å². The van der Waals surface area contributed by atoms with Crippen molar-refractivity contribution < 1.29 is 21.6 Å². The predicted molar refractivity (Wildman–Crippen MR) is 68.6 cm³/mol. The van der Waals surface area contributed by atoms with Crippen LogP contribution in [0, 0.1) is 0 Å². The summed E-state index contributed by atoms with van der Waals surface area (Å²) in [5.41, 5.74) is -0.955. The number of nitrogens with one attached hydrogen (secondary N) is 1. The summed E-state index contributed by atoms with van der Waals surface area (Å²) in [6, 6.07) is 3.65. The summed E-state index contributed by atoms with van der Waals surface area (Å²) in [6.07, 6.45) is -0.125. The van der Waals surface area contributed by atoms with E-state index in [1.54, 1.807) is 0 Å². The number of halogens is 3. The van der Waals surface area contributed by atoms with Crippen LogP contribution in [0.15, 0.2) is 29.2 Å². The molecule has 112 valence electrons. The molecule has 2 rings (SSSR count). The lowest BCUT2D eigenvalue weighted by atomic mass is 9.96. The number of benzene rings is 1. The zero-order valence-corrected chi connectivity index (χ0v) is 11.6. The standard InChI is InChI=1S/C13H16F3NO2S/c14-13(15,16)10-5-4-8-12(9-10)20(18,19)17-11-6-2-1-3-7-11/h4-5,8-9,11,17H,1-3,6-7H2. The topological polar surface area (TPSA) is 46.2 Å². The molecule has 0 spiro atoms. The monoisotopic (exact) mass is 307 g/mol. The molecule has 7 heteroatoms. The molecule has 0 aromatic heterocycles. The van der Waals surface area contributed by atoms with Gasteiger partial charge in [0, 0.05) is 6.04 Å². The normalized spacial score (nSPS) is 18.1. The molecule has 1 N–H and O–H groups in total. The highest BCUT2D eigenvalue weighted by Gasteiger charge is 2.32. The van der Waals surface area contributed by atoms with Crippen LogP contribution in [0.2, 0.25) is 0 Å². The summed E-state index contributed by atoms with van der Waals surface area (Å²) in [5.74, 6) is 0. The molecule has 20 heavy (non-hydrogen) atoms. The van der Waals surface area contributed by atoms with E-state index in [9.17, 15) is 21.6 Å². The summed E-state index contributed by atoms with van der Waals surface area (Å²) in [5, 5.41) is 0. The molecule has 1 aliphatic carbocycles. The molecule has 1 aromatic rings. The van der Waals surface area contributed by atoms with Gasteiger partial charge in [-0.1, -0.05) is 25.3 Å². The molecule has 0 amide bonds. The van der Waals surface area contributed by atoms with Crippen LogP contribution in [0.25, 0.3) is 0 Å². The van der Waals surface area contributed by atoms with Crippen molar-refractivity contribution in [3.63, 3.8) is 0 Å². The van der Waals surface area contributed by atoms with Gasteiger partial charge >= 0.3 is 6.18 Å². The van der Waals surface area contributed by atoms with E-state index in [0.717, 1.165) is 44.2 Å². The summed E-state index contributed by atoms with van der Waals surface area (Å²) < 4.78 is 64.5. The number of rotatable bonds is 3. The Bertz CT molecular complexity index is 563. The second-order valence-electron chi connectivity index (χ2n) is 4.98. The third-order valence-electron chi connectivity index (χ3n) is 3.40. The molecule has 1 aliphatic rings. The minimum atomic E-state index is -4.55. The van der Waals surface area contributed by atoms with Crippen LogP contribution in [-0.2, 0) is 16.2 Å². The predicted octanol–water partition coefficient (Wildman–Crippen LogP) is 3.32. The fourth-order valence-electron chi connectivity index (χ4n) is 2.35. The van der Waals surface area contributed by atoms with Gasteiger partial charge in [0.1, 0.15) is 0 Å². The Kier molecular flexibility index (Phi) is 4.39. The number of hydrogen-bond donors (Lipinski definition) is 1. The second kappa shape index (κ2) is 5.73. The largest absolute Gasteiger partial charge is 0.416 e. The summed E-state index contributed by atoms with van der Waals surface area (Å²) in [6.45, 7) is 0. The van der Waals surface area contributed by atoms with Gasteiger partial charge in [0.15, 0.2) is 0 Å². The molecule has 0 heterocycles. The molecule has 0 unspecified atom stereocenters. The summed E-state index contributed by atoms with van der Waals surface area (Å²) >= 11 is 0. The Morgan fingerprint density at radius 1 is 1.10 bits per heavy atom. The Labute approximate surface area is 116 Å². The SMILES string of the molecule is O=S(=O)(NC1CCCCC1)c1cccc(C(F)(F)F)c1. The maximum Gasteiger partial charge on any atom is 0.416 e. The van der Waals surface area contributed by atoms with E-state index in [0.29, 0.717) is 6.07 Å². The van der Waals surface area contributed by atoms with Crippen molar-refractivity contribution in [2.45, 2.75) is 49.2 Å². The molecular weight excluding hydrogens is 291 g/mol. The van der Waals surface area contributed by atoms with Crippen molar-refractivity contribution >= 4 is 10.0 Å². The van der Waals surface area contributed by atoms with Crippen LogP contribution in [0.1, 0.15) is 37.7 Å². The van der Waals surface area contributed by atoms with Gasteiger partial charge in [0.2, 0.25) is 10.0 Å². The van der Waals surface area contributed by atoms with E-state index >= 15 is 0 Å². The molecule has 3 nitrogen and oxygen atoms in total. The third-order valence-corrected chi connectivity index (χ3v) is 4.92. The van der Waals surface area contributed by atoms with E-state index in [4.69, 9.17) is 0 Å². The van der Waals surface area contributed by atoms with Crippen LogP contribution >= 0.6 is 0 Å². The second-order valence-corrected chi connectivity index (χ2v) is 6.70. The first-order chi connectivity index (χ1) is 9.29. The van der Waals surface area contributed by atoms with Crippen LogP contribution in [0.5, 0.6) is 0 Å². The third kappa shape index (κ3) is 3.73. The van der Waals surface area contributed by atoms with Crippen molar-refractivity contribution in [1.82, 2.24) is 4.72 Å². The lowest BCUT2D eigenvalue weighted by Crippen LogP contribution is -2.36. The number of sulfonamides is 1. The highest BCUT2D eigenvalue weighted by molar-refractivity contribution is 7.89. The van der Waals surface area contributed by atoms with Crippen LogP contribution in [0.3, 0.4) is 0 Å². The average Bonchev–Trinajstić information content (AvgIpc) is 2.38. The van der Waals surface area contributed by atoms with Gasteiger partial charge in [-0.05, 0) is 31.0 Å². The van der Waals surface area contributed by atoms with E-state index in [2.05, 4.69) is 4.72 Å². The van der Waals surface area contributed by atoms with Crippen molar-refractivity contribution in [2.24, 2.45) is 0 Å². The van der Waals surface area contributed by atoms with Crippen molar-refractivity contribution in [3.8, 4) is 0 Å². The minimum absolute atomic E-state index is 0.178. The van der Waals surface area contributed by atoms with E-state index in [1.807, 2.05) is 0 Å². The van der Waals surface area contributed by atoms with Crippen molar-refractivity contribution in [3.05, 3.63) is 29.8 Å². The molecule has 0 saturated heterocycles. The number of alkyl halides is 3. The molecular formula is C13H16F3NO2S. The van der Waals surface area contributed by atoms with E-state index in [1.165, 1.54) is 6.07 Å². The van der Waals surface area contributed by atoms with Crippen LogP contribution in [0.4, 0.5) is 13.2 Å². The molecule has 1 fully saturated rings. The van der Waals surface area contributed by atoms with Gasteiger partial charge < -0.3 is 0 Å². The molecule has 1 saturated carbocycles.